The average molecular weight is 1250 g/mol. The van der Waals surface area contributed by atoms with Gasteiger partial charge < -0.3 is 84.4 Å². The fourth-order valence-corrected chi connectivity index (χ4v) is 13.5. The predicted octanol–water partition coefficient (Wildman–Crippen LogP) is -3.33. The SMILES string of the molecule is CO[C@@H]1[C@H](OP(=O)([O-])OC[C@H]2O[C@@H](n3ccc(=O)[nH]c3=O)[C@H](O)[C@@H]2O)[C@@H](COP(=O)(O)OP(=O)(O)OP(=O)(O)OC[C@H]2O[C@@H]([n+]3cn(C)c4c(=O)[nH]c(N)nc43)[C@H](O)[C@@H]2COC(=O)NCc2ccccc2)O[C@H]1n1cnc2c(N)ncnc21. The van der Waals surface area contributed by atoms with Gasteiger partial charge in [0.05, 0.1) is 45.2 Å². The van der Waals surface area contributed by atoms with E-state index in [1.807, 2.05) is 4.98 Å². The number of hydrogen-bond donors (Lipinski definition) is 11. The van der Waals surface area contributed by atoms with Crippen LogP contribution in [0.15, 0.2) is 76.0 Å². The van der Waals surface area contributed by atoms with Gasteiger partial charge in [-0.1, -0.05) is 35.3 Å². The molecule has 6 aromatic rings. The summed E-state index contributed by atoms with van der Waals surface area (Å²) in [6.45, 7) is -4.17. The zero-order chi connectivity index (χ0) is 59.9. The van der Waals surface area contributed by atoms with Crippen molar-refractivity contribution in [3.63, 3.8) is 0 Å². The number of carbonyl (C=O) groups excluding carboxylic acids is 1. The summed E-state index contributed by atoms with van der Waals surface area (Å²) in [6, 6.07) is 9.56. The third kappa shape index (κ3) is 13.9. The predicted molar refractivity (Wildman–Crippen MR) is 268 cm³/mol. The maximum atomic E-state index is 13.5. The van der Waals surface area contributed by atoms with Gasteiger partial charge in [0.15, 0.2) is 30.2 Å². The Hall–Kier alpha value is -6.09. The molecule has 13 N–H and O–H groups in total. The first-order chi connectivity index (χ1) is 39.1. The quantitative estimate of drug-likeness (QED) is 0.0221. The number of hydrogen-bond acceptors (Lipinski definition) is 29. The van der Waals surface area contributed by atoms with Gasteiger partial charge in [0.2, 0.25) is 11.7 Å². The summed E-state index contributed by atoms with van der Waals surface area (Å²) in [6.07, 6.45) is -15.5. The highest BCUT2D eigenvalue weighted by Gasteiger charge is 2.53. The number of ether oxygens (including phenoxy) is 5. The van der Waals surface area contributed by atoms with Crippen molar-refractivity contribution < 1.29 is 113 Å². The molecule has 0 bridgehead atoms. The van der Waals surface area contributed by atoms with Gasteiger partial charge in [0, 0.05) is 25.9 Å². The molecule has 83 heavy (non-hydrogen) atoms. The number of fused-ring (bicyclic) bond motifs is 2. The number of phosphoric acid groups is 4. The number of nitrogen functional groups attached to an aromatic ring is 2. The molecule has 0 spiro atoms. The number of nitrogens with zero attached hydrogens (tertiary/aromatic N) is 8. The Morgan fingerprint density at radius 1 is 0.807 bits per heavy atom. The smallest absolute Gasteiger partial charge is 0.490 e. The van der Waals surface area contributed by atoms with Crippen molar-refractivity contribution in [1.82, 2.24) is 48.9 Å². The number of aromatic nitrogens is 10. The third-order valence-corrected chi connectivity index (χ3v) is 18.0. The van der Waals surface area contributed by atoms with Gasteiger partial charge in [-0.2, -0.15) is 8.62 Å². The van der Waals surface area contributed by atoms with Crippen LogP contribution in [-0.4, -0.2) is 162 Å². The highest BCUT2D eigenvalue weighted by atomic mass is 31.3. The molecule has 43 heteroatoms. The molecule has 452 valence electrons. The van der Waals surface area contributed by atoms with E-state index in [1.165, 1.54) is 22.5 Å². The molecule has 4 unspecified atom stereocenters. The van der Waals surface area contributed by atoms with E-state index in [2.05, 4.69) is 38.9 Å². The van der Waals surface area contributed by atoms with Gasteiger partial charge in [-0.05, 0) is 5.56 Å². The molecule has 5 aromatic heterocycles. The van der Waals surface area contributed by atoms with Crippen molar-refractivity contribution in [3.05, 3.63) is 98.3 Å². The zero-order valence-corrected chi connectivity index (χ0v) is 46.2. The summed E-state index contributed by atoms with van der Waals surface area (Å²) in [5.41, 5.74) is 9.74. The van der Waals surface area contributed by atoms with E-state index in [9.17, 15) is 72.3 Å². The van der Waals surface area contributed by atoms with E-state index in [0.717, 1.165) is 36.6 Å². The number of nitrogens with one attached hydrogen (secondary N) is 3. The number of anilines is 2. The first-order valence-electron chi connectivity index (χ1n) is 24.0. The first-order valence-corrected chi connectivity index (χ1v) is 29.9. The number of phosphoric ester groups is 3. The number of aryl methyl sites for hydroxylation is 1. The van der Waals surface area contributed by atoms with Crippen LogP contribution >= 0.6 is 31.3 Å². The minimum atomic E-state index is -6.29. The third-order valence-electron chi connectivity index (χ3n) is 12.8. The summed E-state index contributed by atoms with van der Waals surface area (Å²) in [4.78, 5) is 115. The number of methoxy groups -OCH3 is 1. The second-order valence-electron chi connectivity index (χ2n) is 18.3. The lowest BCUT2D eigenvalue weighted by atomic mass is 9.99. The normalized spacial score (nSPS) is 28.4. The number of alkyl carbamates (subject to hydrolysis) is 1. The second-order valence-corrected chi connectivity index (χ2v) is 24.3. The van der Waals surface area contributed by atoms with Crippen LogP contribution in [0.4, 0.5) is 16.6 Å². The standard InChI is InChI=1S/C40H51N13O26P4/c1-50-17-53(33-25(50)34(58)49-38(42)48-33)35-26(55)19(11-70-40(60)43-10-18-6-4-3-5-7-18)20(74-35)12-72-81(63,64)78-83(67,68)79-82(65,66)73-14-22-29(30(69-2)37(76-22)52-16-46-24-31(41)44-15-45-32(24)52)77-80(61,62)71-13-21-27(56)28(57)36(75-21)51-9-8-23(54)47-39(51)59/h3-9,15-17,19-22,26-30,35-37,55-57H,10-14H2,1-2H3,(H10-,41,42,43,44,45,47,48,49,54,58,59,60,61,62,63,64,65,66,67,68)/t19-,20-,21-,22-,26-,27-,28-,29-,30-,35-,36-,37-/m1/s1. The van der Waals surface area contributed by atoms with Gasteiger partial charge in [-0.25, -0.2) is 42.8 Å². The molecule has 3 fully saturated rings. The van der Waals surface area contributed by atoms with Crippen molar-refractivity contribution in [1.29, 1.82) is 0 Å². The van der Waals surface area contributed by atoms with Crippen LogP contribution in [0.1, 0.15) is 24.2 Å². The molecule has 0 saturated carbocycles. The van der Waals surface area contributed by atoms with Gasteiger partial charge in [0.25, 0.3) is 24.9 Å². The Bertz CT molecular complexity index is 3740. The van der Waals surface area contributed by atoms with E-state index >= 15 is 0 Å². The van der Waals surface area contributed by atoms with Gasteiger partial charge in [-0.15, -0.1) is 0 Å². The molecular formula is C40H51N13O26P4. The Balaban J connectivity index is 0.872. The number of H-pyrrole nitrogens is 2. The first kappa shape index (κ1) is 61.5. The number of imidazole rings is 2. The van der Waals surface area contributed by atoms with Crippen LogP contribution < -0.4 is 43.1 Å². The van der Waals surface area contributed by atoms with Crippen LogP contribution in [0.5, 0.6) is 0 Å². The Morgan fingerprint density at radius 2 is 1.48 bits per heavy atom. The second kappa shape index (κ2) is 24.5. The monoisotopic (exact) mass is 1250 g/mol. The number of benzene rings is 1. The molecule has 1 aromatic carbocycles. The Kier molecular flexibility index (Phi) is 18.1. The van der Waals surface area contributed by atoms with E-state index < -0.39 is 154 Å². The number of rotatable bonds is 23. The van der Waals surface area contributed by atoms with Crippen LogP contribution in [-0.2, 0) is 82.3 Å². The lowest BCUT2D eigenvalue weighted by Gasteiger charge is -2.31. The summed E-state index contributed by atoms with van der Waals surface area (Å²) in [5, 5.41) is 35.4. The van der Waals surface area contributed by atoms with Crippen molar-refractivity contribution in [2.45, 2.75) is 74.1 Å². The molecule has 9 rings (SSSR count). The maximum Gasteiger partial charge on any atom is 0.490 e. The Morgan fingerprint density at radius 3 is 2.17 bits per heavy atom. The number of amides is 1. The van der Waals surface area contributed by atoms with E-state index in [4.69, 9.17) is 53.2 Å². The molecule has 3 aliphatic heterocycles. The summed E-state index contributed by atoms with van der Waals surface area (Å²) in [7, 11) is -21.5. The summed E-state index contributed by atoms with van der Waals surface area (Å²) < 4.78 is 115. The number of aliphatic hydroxyl groups excluding tert-OH is 3. The minimum absolute atomic E-state index is 0.0191. The number of aromatic amines is 2. The molecule has 3 aliphatic rings. The highest BCUT2D eigenvalue weighted by Crippen LogP contribution is 2.68. The van der Waals surface area contributed by atoms with Crippen molar-refractivity contribution in [3.8, 4) is 0 Å². The van der Waals surface area contributed by atoms with E-state index in [0.29, 0.717) is 10.1 Å². The van der Waals surface area contributed by atoms with Crippen molar-refractivity contribution in [2.75, 3.05) is 45.0 Å². The number of nitrogens with two attached hydrogens (primary N) is 2. The summed E-state index contributed by atoms with van der Waals surface area (Å²) in [5.74, 6) is -1.79. The largest absolute Gasteiger partial charge is 0.756 e. The van der Waals surface area contributed by atoms with Gasteiger partial charge in [-0.3, -0.25) is 46.9 Å². The van der Waals surface area contributed by atoms with E-state index in [-0.39, 0.29) is 40.6 Å². The van der Waals surface area contributed by atoms with Crippen LogP contribution in [0, 0.1) is 5.92 Å². The van der Waals surface area contributed by atoms with Crippen LogP contribution in [0.2, 0.25) is 0 Å². The molecule has 0 aliphatic carbocycles. The highest BCUT2D eigenvalue weighted by molar-refractivity contribution is 7.66. The maximum absolute atomic E-state index is 13.5. The molecule has 8 heterocycles. The van der Waals surface area contributed by atoms with Crippen LogP contribution in [0.25, 0.3) is 22.3 Å². The molecule has 3 saturated heterocycles. The molecule has 1 amide bonds. The topological polar surface area (TPSA) is 548 Å². The lowest BCUT2D eigenvalue weighted by molar-refractivity contribution is -0.745. The number of aliphatic hydroxyl groups is 3. The van der Waals surface area contributed by atoms with Gasteiger partial charge in [0.1, 0.15) is 61.2 Å². The zero-order valence-electron chi connectivity index (χ0n) is 42.6. The van der Waals surface area contributed by atoms with Gasteiger partial charge >= 0.3 is 40.9 Å². The average Bonchev–Trinajstić information content (AvgIpc) is 2.53. The molecule has 39 nitrogen and oxygen atoms in total. The molecule has 16 atom stereocenters. The van der Waals surface area contributed by atoms with Crippen molar-refractivity contribution >= 4 is 71.5 Å². The Labute approximate surface area is 462 Å². The van der Waals surface area contributed by atoms with Crippen molar-refractivity contribution in [2.24, 2.45) is 13.0 Å². The summed E-state index contributed by atoms with van der Waals surface area (Å²) >= 11 is 0. The molecule has 0 radical (unpaired) electrons. The fraction of sp³-hybridized carbons (Fsp3) is 0.475. The fourth-order valence-electron chi connectivity index (χ4n) is 9.07. The number of carbonyl (C=O) groups is 1. The van der Waals surface area contributed by atoms with Crippen LogP contribution in [0.3, 0.4) is 0 Å². The minimum Gasteiger partial charge on any atom is -0.756 e. The van der Waals surface area contributed by atoms with E-state index in [1.54, 1.807) is 30.3 Å². The lowest BCUT2D eigenvalue weighted by Crippen LogP contribution is -2.46. The molecular weight excluding hydrogens is 1200 g/mol.